The molecule has 1 fully saturated rings. The van der Waals surface area contributed by atoms with Crippen LogP contribution in [0.1, 0.15) is 25.7 Å². The molecule has 0 aromatic carbocycles. The summed E-state index contributed by atoms with van der Waals surface area (Å²) in [6.07, 6.45) is -0.984. The van der Waals surface area contributed by atoms with Gasteiger partial charge in [0.25, 0.3) is 5.56 Å². The lowest BCUT2D eigenvalue weighted by Crippen LogP contribution is -2.42. The molecule has 1 aliphatic rings. The van der Waals surface area contributed by atoms with Crippen molar-refractivity contribution in [2.45, 2.75) is 38.4 Å². The first-order chi connectivity index (χ1) is 10.3. The van der Waals surface area contributed by atoms with E-state index < -0.39 is 36.2 Å². The Morgan fingerprint density at radius 3 is 2.59 bits per heavy atom. The van der Waals surface area contributed by atoms with Gasteiger partial charge in [-0.2, -0.15) is 13.2 Å². The number of alkyl halides is 3. The molecule has 0 amide bonds. The van der Waals surface area contributed by atoms with Gasteiger partial charge in [-0.05, 0) is 12.8 Å². The van der Waals surface area contributed by atoms with Crippen LogP contribution in [0.5, 0.6) is 0 Å². The predicted molar refractivity (Wildman–Crippen MR) is 71.6 cm³/mol. The van der Waals surface area contributed by atoms with Crippen LogP contribution in [0.15, 0.2) is 17.2 Å². The molecule has 1 saturated carbocycles. The summed E-state index contributed by atoms with van der Waals surface area (Å²) in [7, 11) is 0. The fourth-order valence-electron chi connectivity index (χ4n) is 2.70. The van der Waals surface area contributed by atoms with E-state index in [-0.39, 0.29) is 18.7 Å². The maximum absolute atomic E-state index is 13.2. The van der Waals surface area contributed by atoms with Crippen LogP contribution in [0.25, 0.3) is 0 Å². The Morgan fingerprint density at radius 1 is 1.41 bits per heavy atom. The zero-order valence-electron chi connectivity index (χ0n) is 11.7. The number of aromatic nitrogens is 2. The van der Waals surface area contributed by atoms with Gasteiger partial charge in [-0.25, -0.2) is 4.98 Å². The van der Waals surface area contributed by atoms with Gasteiger partial charge in [0.05, 0.1) is 5.41 Å². The molecule has 1 aromatic heterocycles. The van der Waals surface area contributed by atoms with Gasteiger partial charge >= 0.3 is 12.1 Å². The van der Waals surface area contributed by atoms with E-state index in [4.69, 9.17) is 5.11 Å². The summed E-state index contributed by atoms with van der Waals surface area (Å²) in [5.74, 6) is -1.49. The van der Waals surface area contributed by atoms with Gasteiger partial charge in [-0.3, -0.25) is 14.2 Å². The van der Waals surface area contributed by atoms with Crippen molar-refractivity contribution in [1.82, 2.24) is 9.55 Å². The van der Waals surface area contributed by atoms with Gasteiger partial charge in [0.1, 0.15) is 6.54 Å². The molecule has 1 heterocycles. The Kier molecular flexibility index (Phi) is 4.43. The molecule has 0 spiro atoms. The fraction of sp³-hybridized carbons (Fsp3) is 0.615. The third kappa shape index (κ3) is 3.23. The first-order valence-electron chi connectivity index (χ1n) is 6.83. The van der Waals surface area contributed by atoms with Crippen molar-refractivity contribution in [2.24, 2.45) is 5.41 Å². The van der Waals surface area contributed by atoms with Crippen molar-refractivity contribution in [1.29, 1.82) is 0 Å². The molecule has 0 aliphatic heterocycles. The third-order valence-corrected chi connectivity index (χ3v) is 3.98. The summed E-state index contributed by atoms with van der Waals surface area (Å²) in [6.45, 7) is -1.00. The van der Waals surface area contributed by atoms with E-state index in [1.54, 1.807) is 0 Å². The van der Waals surface area contributed by atoms with Crippen LogP contribution in [0.4, 0.5) is 19.0 Å². The van der Waals surface area contributed by atoms with Gasteiger partial charge in [0, 0.05) is 18.9 Å². The van der Waals surface area contributed by atoms with E-state index in [9.17, 15) is 22.8 Å². The van der Waals surface area contributed by atoms with E-state index in [2.05, 4.69) is 10.3 Å². The van der Waals surface area contributed by atoms with Crippen LogP contribution < -0.4 is 10.9 Å². The summed E-state index contributed by atoms with van der Waals surface area (Å²) in [5.41, 5.74) is -2.60. The maximum Gasteiger partial charge on any atom is 0.396 e. The summed E-state index contributed by atoms with van der Waals surface area (Å²) in [6, 6.07) is 0. The minimum atomic E-state index is -4.36. The van der Waals surface area contributed by atoms with Crippen LogP contribution >= 0.6 is 0 Å². The van der Waals surface area contributed by atoms with E-state index in [1.807, 2.05) is 0 Å². The van der Waals surface area contributed by atoms with E-state index in [0.29, 0.717) is 12.8 Å². The number of anilines is 1. The molecule has 1 aromatic rings. The van der Waals surface area contributed by atoms with Crippen LogP contribution in [-0.4, -0.2) is 33.3 Å². The second kappa shape index (κ2) is 5.98. The molecule has 122 valence electrons. The lowest BCUT2D eigenvalue weighted by atomic mass is 9.85. The number of carbonyl (C=O) groups is 1. The molecule has 0 unspecified atom stereocenters. The standard InChI is InChI=1S/C13H16F3N3O3/c14-13(15,16)12(3-1-2-4-12)8-18-10-11(22)19(6-5-17-10)7-9(20)21/h5-6H,1-4,7-8H2,(H,17,18)(H,20,21). The minimum absolute atomic E-state index is 0.0135. The molecule has 2 rings (SSSR count). The van der Waals surface area contributed by atoms with E-state index in [1.165, 1.54) is 12.4 Å². The molecule has 22 heavy (non-hydrogen) atoms. The Balaban J connectivity index is 2.17. The van der Waals surface area contributed by atoms with Gasteiger partial charge in [-0.15, -0.1) is 0 Å². The minimum Gasteiger partial charge on any atom is -0.480 e. The zero-order valence-corrected chi connectivity index (χ0v) is 11.7. The van der Waals surface area contributed by atoms with Gasteiger partial charge < -0.3 is 10.4 Å². The molecule has 0 bridgehead atoms. The lowest BCUT2D eigenvalue weighted by Gasteiger charge is -2.31. The molecule has 0 atom stereocenters. The summed E-state index contributed by atoms with van der Waals surface area (Å²) in [4.78, 5) is 26.3. The van der Waals surface area contributed by atoms with Crippen molar-refractivity contribution >= 4 is 11.8 Å². The first kappa shape index (κ1) is 16.3. The van der Waals surface area contributed by atoms with Crippen LogP contribution in [-0.2, 0) is 11.3 Å². The van der Waals surface area contributed by atoms with Crippen molar-refractivity contribution in [3.05, 3.63) is 22.7 Å². The van der Waals surface area contributed by atoms with Gasteiger partial charge in [-0.1, -0.05) is 12.8 Å². The zero-order chi connectivity index (χ0) is 16.4. The average Bonchev–Trinajstić information content (AvgIpc) is 2.89. The van der Waals surface area contributed by atoms with Crippen LogP contribution in [0.2, 0.25) is 0 Å². The molecule has 1 aliphatic carbocycles. The highest BCUT2D eigenvalue weighted by Gasteiger charge is 2.55. The van der Waals surface area contributed by atoms with E-state index in [0.717, 1.165) is 4.57 Å². The lowest BCUT2D eigenvalue weighted by molar-refractivity contribution is -0.217. The number of carboxylic acids is 1. The van der Waals surface area contributed by atoms with Crippen molar-refractivity contribution < 1.29 is 23.1 Å². The number of rotatable bonds is 5. The predicted octanol–water partition coefficient (Wildman–Crippen LogP) is 1.86. The quantitative estimate of drug-likeness (QED) is 0.865. The van der Waals surface area contributed by atoms with Crippen molar-refractivity contribution in [3.8, 4) is 0 Å². The monoisotopic (exact) mass is 319 g/mol. The topological polar surface area (TPSA) is 84.2 Å². The Labute approximate surface area is 124 Å². The molecule has 6 nitrogen and oxygen atoms in total. The van der Waals surface area contributed by atoms with Gasteiger partial charge in [0.15, 0.2) is 5.82 Å². The first-order valence-corrected chi connectivity index (χ1v) is 6.83. The largest absolute Gasteiger partial charge is 0.480 e. The molecular weight excluding hydrogens is 303 g/mol. The van der Waals surface area contributed by atoms with Gasteiger partial charge in [0.2, 0.25) is 0 Å². The van der Waals surface area contributed by atoms with Crippen molar-refractivity contribution in [2.75, 3.05) is 11.9 Å². The number of hydrogen-bond donors (Lipinski definition) is 2. The number of halogens is 3. The Hall–Kier alpha value is -2.06. The highest BCUT2D eigenvalue weighted by Crippen LogP contribution is 2.50. The van der Waals surface area contributed by atoms with Crippen LogP contribution in [0.3, 0.4) is 0 Å². The normalized spacial score (nSPS) is 17.4. The average molecular weight is 319 g/mol. The number of hydrogen-bond acceptors (Lipinski definition) is 4. The number of carboxylic acid groups (broad SMARTS) is 1. The number of nitrogens with one attached hydrogen (secondary N) is 1. The second-order valence-electron chi connectivity index (χ2n) is 5.44. The Morgan fingerprint density at radius 2 is 2.05 bits per heavy atom. The smallest absolute Gasteiger partial charge is 0.396 e. The summed E-state index contributed by atoms with van der Waals surface area (Å²) >= 11 is 0. The third-order valence-electron chi connectivity index (χ3n) is 3.98. The molecule has 0 radical (unpaired) electrons. The highest BCUT2D eigenvalue weighted by atomic mass is 19.4. The molecular formula is C13H16F3N3O3. The van der Waals surface area contributed by atoms with Crippen LogP contribution in [0, 0.1) is 5.41 Å². The second-order valence-corrected chi connectivity index (χ2v) is 5.44. The molecule has 2 N–H and O–H groups in total. The number of aliphatic carboxylic acids is 1. The molecule has 9 heteroatoms. The summed E-state index contributed by atoms with van der Waals surface area (Å²) in [5, 5.41) is 11.1. The number of nitrogens with zero attached hydrogens (tertiary/aromatic N) is 2. The van der Waals surface area contributed by atoms with E-state index >= 15 is 0 Å². The molecule has 0 saturated heterocycles. The Bertz CT molecular complexity index is 607. The summed E-state index contributed by atoms with van der Waals surface area (Å²) < 4.78 is 40.6. The maximum atomic E-state index is 13.2. The SMILES string of the molecule is O=C(O)Cn1ccnc(NCC2(C(F)(F)F)CCCC2)c1=O. The highest BCUT2D eigenvalue weighted by molar-refractivity contribution is 5.66. The van der Waals surface area contributed by atoms with Crippen molar-refractivity contribution in [3.63, 3.8) is 0 Å². The fourth-order valence-corrected chi connectivity index (χ4v) is 2.70.